The van der Waals surface area contributed by atoms with E-state index in [1.165, 1.54) is 12.3 Å². The molecule has 0 aliphatic rings. The molecule has 0 unspecified atom stereocenters. The van der Waals surface area contributed by atoms with Gasteiger partial charge in [0.2, 0.25) is 0 Å². The lowest BCUT2D eigenvalue weighted by atomic mass is 10.1. The van der Waals surface area contributed by atoms with Crippen LogP contribution in [0.2, 0.25) is 0 Å². The van der Waals surface area contributed by atoms with Crippen molar-refractivity contribution in [2.45, 2.75) is 13.5 Å². The molecule has 1 aromatic heterocycles. The predicted molar refractivity (Wildman–Crippen MR) is 85.0 cm³/mol. The Morgan fingerprint density at radius 3 is 2.71 bits per heavy atom. The van der Waals surface area contributed by atoms with Crippen molar-refractivity contribution in [2.75, 3.05) is 12.3 Å². The van der Waals surface area contributed by atoms with Crippen molar-refractivity contribution < 1.29 is 23.5 Å². The van der Waals surface area contributed by atoms with Crippen molar-refractivity contribution in [3.63, 3.8) is 0 Å². The number of benzene rings is 1. The van der Waals surface area contributed by atoms with E-state index in [0.717, 1.165) is 5.56 Å². The van der Waals surface area contributed by atoms with E-state index in [0.29, 0.717) is 11.4 Å². The molecule has 0 saturated heterocycles. The maximum atomic E-state index is 11.9. The van der Waals surface area contributed by atoms with Crippen LogP contribution < -0.4 is 16.4 Å². The van der Waals surface area contributed by atoms with Crippen LogP contribution in [-0.2, 0) is 16.1 Å². The second-order valence-electron chi connectivity index (χ2n) is 4.92. The predicted octanol–water partition coefficient (Wildman–Crippen LogP) is 1.35. The van der Waals surface area contributed by atoms with Gasteiger partial charge in [0, 0.05) is 5.69 Å². The summed E-state index contributed by atoms with van der Waals surface area (Å²) in [6.07, 6.45) is 1.47. The molecule has 3 amide bonds. The Balaban J connectivity index is 1.77. The van der Waals surface area contributed by atoms with Gasteiger partial charge in [-0.2, -0.15) is 0 Å². The number of para-hydroxylation sites is 1. The summed E-state index contributed by atoms with van der Waals surface area (Å²) >= 11 is 0. The Kier molecular flexibility index (Phi) is 5.56. The van der Waals surface area contributed by atoms with E-state index in [2.05, 4.69) is 5.32 Å². The number of hydrogen-bond acceptors (Lipinski definition) is 6. The molecule has 8 nitrogen and oxygen atoms in total. The Morgan fingerprint density at radius 2 is 2.00 bits per heavy atom. The lowest BCUT2D eigenvalue weighted by Crippen LogP contribution is -2.41. The fourth-order valence-corrected chi connectivity index (χ4v) is 1.85. The van der Waals surface area contributed by atoms with Gasteiger partial charge in [-0.3, -0.25) is 10.1 Å². The number of urea groups is 1. The number of imide groups is 1. The number of aryl methyl sites for hydroxylation is 1. The van der Waals surface area contributed by atoms with Crippen molar-refractivity contribution in [3.8, 4) is 0 Å². The highest BCUT2D eigenvalue weighted by atomic mass is 16.5. The average Bonchev–Trinajstić information content (AvgIpc) is 3.07. The maximum Gasteiger partial charge on any atom is 0.340 e. The SMILES string of the molecule is Cc1cccc(C(=O)OCC(=O)NC(=O)NCc2ccco2)c1N. The molecule has 1 heterocycles. The number of amides is 3. The highest BCUT2D eigenvalue weighted by molar-refractivity contribution is 5.99. The minimum Gasteiger partial charge on any atom is -0.467 e. The van der Waals surface area contributed by atoms with Crippen molar-refractivity contribution in [3.05, 3.63) is 53.5 Å². The number of nitrogens with two attached hydrogens (primary N) is 1. The first-order valence-corrected chi connectivity index (χ1v) is 7.09. The maximum absolute atomic E-state index is 11.9. The summed E-state index contributed by atoms with van der Waals surface area (Å²) in [5.41, 5.74) is 6.97. The van der Waals surface area contributed by atoms with Gasteiger partial charge in [0.05, 0.1) is 18.4 Å². The molecule has 8 heteroatoms. The number of hydrogen-bond donors (Lipinski definition) is 3. The minimum absolute atomic E-state index is 0.131. The number of ether oxygens (including phenoxy) is 1. The van der Waals surface area contributed by atoms with Gasteiger partial charge in [-0.1, -0.05) is 12.1 Å². The molecule has 0 aliphatic carbocycles. The van der Waals surface area contributed by atoms with E-state index in [1.807, 2.05) is 5.32 Å². The van der Waals surface area contributed by atoms with Crippen molar-refractivity contribution in [1.29, 1.82) is 0 Å². The van der Waals surface area contributed by atoms with Gasteiger partial charge in [0.25, 0.3) is 5.91 Å². The summed E-state index contributed by atoms with van der Waals surface area (Å²) in [5.74, 6) is -0.951. The highest BCUT2D eigenvalue weighted by Gasteiger charge is 2.15. The van der Waals surface area contributed by atoms with Gasteiger partial charge >= 0.3 is 12.0 Å². The monoisotopic (exact) mass is 331 g/mol. The van der Waals surface area contributed by atoms with E-state index in [-0.39, 0.29) is 12.1 Å². The van der Waals surface area contributed by atoms with E-state index in [4.69, 9.17) is 14.9 Å². The summed E-state index contributed by atoms with van der Waals surface area (Å²) in [6, 6.07) is 7.54. The van der Waals surface area contributed by atoms with Crippen LogP contribution in [0.15, 0.2) is 41.0 Å². The van der Waals surface area contributed by atoms with E-state index in [9.17, 15) is 14.4 Å². The van der Waals surface area contributed by atoms with Gasteiger partial charge in [0.1, 0.15) is 5.76 Å². The van der Waals surface area contributed by atoms with Gasteiger partial charge in [-0.05, 0) is 30.7 Å². The van der Waals surface area contributed by atoms with E-state index >= 15 is 0 Å². The van der Waals surface area contributed by atoms with Crippen LogP contribution in [0.4, 0.5) is 10.5 Å². The first-order valence-electron chi connectivity index (χ1n) is 7.09. The number of carbonyl (C=O) groups excluding carboxylic acids is 3. The summed E-state index contributed by atoms with van der Waals surface area (Å²) in [7, 11) is 0. The lowest BCUT2D eigenvalue weighted by molar-refractivity contribution is -0.123. The topological polar surface area (TPSA) is 124 Å². The number of esters is 1. The molecular formula is C16H17N3O5. The first kappa shape index (κ1) is 17.1. The van der Waals surface area contributed by atoms with Gasteiger partial charge in [0.15, 0.2) is 6.61 Å². The van der Waals surface area contributed by atoms with E-state index < -0.39 is 24.5 Å². The largest absolute Gasteiger partial charge is 0.467 e. The molecule has 0 bridgehead atoms. The molecule has 0 spiro atoms. The fraction of sp³-hybridized carbons (Fsp3) is 0.188. The molecule has 2 aromatic rings. The molecule has 1 aromatic carbocycles. The summed E-state index contributed by atoms with van der Waals surface area (Å²) in [6.45, 7) is 1.29. The van der Waals surface area contributed by atoms with Crippen molar-refractivity contribution in [1.82, 2.24) is 10.6 Å². The van der Waals surface area contributed by atoms with Crippen LogP contribution in [0, 0.1) is 6.92 Å². The third kappa shape index (κ3) is 4.60. The second-order valence-corrected chi connectivity index (χ2v) is 4.92. The fourth-order valence-electron chi connectivity index (χ4n) is 1.85. The highest BCUT2D eigenvalue weighted by Crippen LogP contribution is 2.17. The van der Waals surface area contributed by atoms with Crippen molar-refractivity contribution in [2.24, 2.45) is 0 Å². The number of anilines is 1. The molecule has 0 saturated carbocycles. The quantitative estimate of drug-likeness (QED) is 0.561. The van der Waals surface area contributed by atoms with Crippen LogP contribution in [0.1, 0.15) is 21.7 Å². The van der Waals surface area contributed by atoms with Crippen LogP contribution in [0.5, 0.6) is 0 Å². The zero-order valence-electron chi connectivity index (χ0n) is 13.0. The normalized spacial score (nSPS) is 10.0. The molecule has 24 heavy (non-hydrogen) atoms. The van der Waals surface area contributed by atoms with Gasteiger partial charge in [-0.25, -0.2) is 9.59 Å². The van der Waals surface area contributed by atoms with Crippen LogP contribution in [-0.4, -0.2) is 24.5 Å². The van der Waals surface area contributed by atoms with Crippen molar-refractivity contribution >= 4 is 23.6 Å². The van der Waals surface area contributed by atoms with Gasteiger partial charge < -0.3 is 20.2 Å². The standard InChI is InChI=1S/C16H17N3O5/c1-10-4-2-6-12(14(10)17)15(21)24-9-13(20)19-16(22)18-8-11-5-3-7-23-11/h2-7H,8-9,17H2,1H3,(H2,18,19,20,22). The molecule has 0 radical (unpaired) electrons. The van der Waals surface area contributed by atoms with Crippen LogP contribution in [0.3, 0.4) is 0 Å². The summed E-state index contributed by atoms with van der Waals surface area (Å²) < 4.78 is 9.88. The molecule has 0 atom stereocenters. The van der Waals surface area contributed by atoms with Crippen LogP contribution >= 0.6 is 0 Å². The Labute approximate surface area is 138 Å². The number of rotatable bonds is 5. The molecule has 126 valence electrons. The molecule has 0 fully saturated rings. The molecular weight excluding hydrogens is 314 g/mol. The van der Waals surface area contributed by atoms with Crippen LogP contribution in [0.25, 0.3) is 0 Å². The number of carbonyl (C=O) groups is 3. The Hall–Kier alpha value is -3.29. The average molecular weight is 331 g/mol. The van der Waals surface area contributed by atoms with Gasteiger partial charge in [-0.15, -0.1) is 0 Å². The molecule has 0 aliphatic heterocycles. The number of furan rings is 1. The number of nitrogens with one attached hydrogen (secondary N) is 2. The third-order valence-electron chi connectivity index (χ3n) is 3.13. The first-order chi connectivity index (χ1) is 11.5. The van der Waals surface area contributed by atoms with E-state index in [1.54, 1.807) is 31.2 Å². The number of nitrogen functional groups attached to an aromatic ring is 1. The Bertz CT molecular complexity index is 740. The second kappa shape index (κ2) is 7.82. The Morgan fingerprint density at radius 1 is 1.21 bits per heavy atom. The molecule has 4 N–H and O–H groups in total. The lowest BCUT2D eigenvalue weighted by Gasteiger charge is -2.09. The zero-order valence-corrected chi connectivity index (χ0v) is 13.0. The summed E-state index contributed by atoms with van der Waals surface area (Å²) in [4.78, 5) is 35.0. The third-order valence-corrected chi connectivity index (χ3v) is 3.13. The smallest absolute Gasteiger partial charge is 0.340 e. The zero-order chi connectivity index (χ0) is 17.5. The summed E-state index contributed by atoms with van der Waals surface area (Å²) in [5, 5.41) is 4.46. The minimum atomic E-state index is -0.758. The molecule has 2 rings (SSSR count).